The molecule has 2 aromatic rings. The van der Waals surface area contributed by atoms with E-state index in [4.69, 9.17) is 4.74 Å². The van der Waals surface area contributed by atoms with Crippen LogP contribution in [0.4, 0.5) is 0 Å². The quantitative estimate of drug-likeness (QED) is 0.863. The molecule has 1 aromatic carbocycles. The first-order valence-electron chi connectivity index (χ1n) is 6.70. The van der Waals surface area contributed by atoms with Crippen LogP contribution in [0.1, 0.15) is 30.5 Å². The molecule has 20 heavy (non-hydrogen) atoms. The highest BCUT2D eigenvalue weighted by Gasteiger charge is 2.08. The molecule has 106 valence electrons. The van der Waals surface area contributed by atoms with Gasteiger partial charge in [0.25, 0.3) is 0 Å². The molecule has 0 bridgehead atoms. The van der Waals surface area contributed by atoms with Crippen LogP contribution in [0.15, 0.2) is 47.1 Å². The number of nitrogens with zero attached hydrogens (tertiary/aromatic N) is 1. The number of aromatic nitrogens is 1. The van der Waals surface area contributed by atoms with Gasteiger partial charge in [-0.1, -0.05) is 41.1 Å². The van der Waals surface area contributed by atoms with E-state index in [0.29, 0.717) is 11.9 Å². The first kappa shape index (κ1) is 15.0. The van der Waals surface area contributed by atoms with Gasteiger partial charge in [-0.2, -0.15) is 0 Å². The van der Waals surface area contributed by atoms with Crippen molar-refractivity contribution in [1.82, 2.24) is 10.3 Å². The third kappa shape index (κ3) is 4.05. The Kier molecular flexibility index (Phi) is 5.56. The largest absolute Gasteiger partial charge is 0.481 e. The lowest BCUT2D eigenvalue weighted by Gasteiger charge is -2.17. The molecule has 4 heteroatoms. The maximum absolute atomic E-state index is 5.06. The summed E-state index contributed by atoms with van der Waals surface area (Å²) >= 11 is 3.47. The molecule has 1 heterocycles. The average molecular weight is 335 g/mol. The second-order valence-corrected chi connectivity index (χ2v) is 5.52. The molecule has 0 aliphatic rings. The maximum Gasteiger partial charge on any atom is 0.212 e. The minimum Gasteiger partial charge on any atom is -0.481 e. The Hall–Kier alpha value is -1.39. The van der Waals surface area contributed by atoms with E-state index in [0.717, 1.165) is 23.0 Å². The number of benzene rings is 1. The number of nitrogens with one attached hydrogen (secondary N) is 1. The molecule has 0 aliphatic heterocycles. The average Bonchev–Trinajstić information content (AvgIpc) is 2.50. The molecule has 0 amide bonds. The summed E-state index contributed by atoms with van der Waals surface area (Å²) in [5.41, 5.74) is 2.46. The van der Waals surface area contributed by atoms with Gasteiger partial charge in [-0.15, -0.1) is 0 Å². The summed E-state index contributed by atoms with van der Waals surface area (Å²) in [7, 11) is 1.63. The molecule has 1 N–H and O–H groups in total. The molecule has 1 unspecified atom stereocenters. The Morgan fingerprint density at radius 3 is 2.50 bits per heavy atom. The second kappa shape index (κ2) is 7.41. The van der Waals surface area contributed by atoms with Crippen molar-refractivity contribution in [3.8, 4) is 5.88 Å². The lowest BCUT2D eigenvalue weighted by Crippen LogP contribution is -2.20. The summed E-state index contributed by atoms with van der Waals surface area (Å²) in [5.74, 6) is 0.647. The van der Waals surface area contributed by atoms with E-state index < -0.39 is 0 Å². The summed E-state index contributed by atoms with van der Waals surface area (Å²) in [6.45, 7) is 2.98. The van der Waals surface area contributed by atoms with Gasteiger partial charge >= 0.3 is 0 Å². The van der Waals surface area contributed by atoms with E-state index in [1.165, 1.54) is 5.56 Å². The zero-order chi connectivity index (χ0) is 14.4. The van der Waals surface area contributed by atoms with Crippen molar-refractivity contribution in [2.45, 2.75) is 25.9 Å². The standard InChI is InChI=1S/C16H19BrN2O/c1-3-15(13-5-7-14(17)8-6-13)18-10-12-4-9-16(20-2)19-11-12/h4-9,11,15,18H,3,10H2,1-2H3. The van der Waals surface area contributed by atoms with Crippen molar-refractivity contribution in [2.24, 2.45) is 0 Å². The van der Waals surface area contributed by atoms with Gasteiger partial charge in [0.2, 0.25) is 5.88 Å². The molecule has 0 fully saturated rings. The van der Waals surface area contributed by atoms with Gasteiger partial charge in [0.15, 0.2) is 0 Å². The van der Waals surface area contributed by atoms with Gasteiger partial charge in [-0.25, -0.2) is 4.98 Å². The lowest BCUT2D eigenvalue weighted by molar-refractivity contribution is 0.397. The third-order valence-corrected chi connectivity index (χ3v) is 3.77. The van der Waals surface area contributed by atoms with Gasteiger partial charge in [0.1, 0.15) is 0 Å². The Morgan fingerprint density at radius 1 is 1.20 bits per heavy atom. The highest BCUT2D eigenvalue weighted by molar-refractivity contribution is 9.10. The van der Waals surface area contributed by atoms with E-state index in [2.05, 4.69) is 57.4 Å². The van der Waals surface area contributed by atoms with Gasteiger partial charge in [-0.3, -0.25) is 0 Å². The molecule has 0 spiro atoms. The highest BCUT2D eigenvalue weighted by Crippen LogP contribution is 2.20. The molecule has 1 aromatic heterocycles. The first-order valence-corrected chi connectivity index (χ1v) is 7.50. The number of methoxy groups -OCH3 is 1. The fourth-order valence-corrected chi connectivity index (χ4v) is 2.33. The number of ether oxygens (including phenoxy) is 1. The predicted octanol–water partition coefficient (Wildman–Crippen LogP) is 4.09. The second-order valence-electron chi connectivity index (χ2n) is 4.60. The smallest absolute Gasteiger partial charge is 0.212 e. The monoisotopic (exact) mass is 334 g/mol. The summed E-state index contributed by atoms with van der Waals surface area (Å²) in [6, 6.07) is 12.7. The van der Waals surface area contributed by atoms with Gasteiger partial charge < -0.3 is 10.1 Å². The maximum atomic E-state index is 5.06. The van der Waals surface area contributed by atoms with Crippen LogP contribution in [0.3, 0.4) is 0 Å². The molecule has 2 rings (SSSR count). The summed E-state index contributed by atoms with van der Waals surface area (Å²) in [5, 5.41) is 3.56. The Labute approximate surface area is 128 Å². The Bertz CT molecular complexity index is 525. The van der Waals surface area contributed by atoms with Crippen molar-refractivity contribution >= 4 is 15.9 Å². The number of pyridine rings is 1. The van der Waals surface area contributed by atoms with E-state index in [1.54, 1.807) is 7.11 Å². The van der Waals surface area contributed by atoms with Crippen molar-refractivity contribution in [1.29, 1.82) is 0 Å². The van der Waals surface area contributed by atoms with Crippen LogP contribution in [-0.2, 0) is 6.54 Å². The third-order valence-electron chi connectivity index (χ3n) is 3.24. The molecule has 0 radical (unpaired) electrons. The van der Waals surface area contributed by atoms with Crippen LogP contribution in [-0.4, -0.2) is 12.1 Å². The van der Waals surface area contributed by atoms with Crippen LogP contribution in [0, 0.1) is 0 Å². The Balaban J connectivity index is 1.97. The van der Waals surface area contributed by atoms with E-state index >= 15 is 0 Å². The van der Waals surface area contributed by atoms with E-state index in [-0.39, 0.29) is 0 Å². The number of halogens is 1. The summed E-state index contributed by atoms with van der Waals surface area (Å²) < 4.78 is 6.17. The van der Waals surface area contributed by atoms with Gasteiger partial charge in [0.05, 0.1) is 7.11 Å². The summed E-state index contributed by atoms with van der Waals surface area (Å²) in [6.07, 6.45) is 2.89. The van der Waals surface area contributed by atoms with Crippen molar-refractivity contribution in [2.75, 3.05) is 7.11 Å². The number of hydrogen-bond acceptors (Lipinski definition) is 3. The van der Waals surface area contributed by atoms with E-state index in [1.807, 2.05) is 18.3 Å². The van der Waals surface area contributed by atoms with Crippen LogP contribution >= 0.6 is 15.9 Å². The molecule has 0 saturated carbocycles. The van der Waals surface area contributed by atoms with Crippen molar-refractivity contribution in [3.63, 3.8) is 0 Å². The fraction of sp³-hybridized carbons (Fsp3) is 0.312. The molecule has 0 saturated heterocycles. The zero-order valence-corrected chi connectivity index (χ0v) is 13.4. The fourth-order valence-electron chi connectivity index (χ4n) is 2.07. The first-order chi connectivity index (χ1) is 9.72. The number of rotatable bonds is 6. The highest BCUT2D eigenvalue weighted by atomic mass is 79.9. The van der Waals surface area contributed by atoms with Crippen LogP contribution in [0.2, 0.25) is 0 Å². The molecular formula is C16H19BrN2O. The molecule has 0 aliphatic carbocycles. The Morgan fingerprint density at radius 2 is 1.95 bits per heavy atom. The van der Waals surface area contributed by atoms with E-state index in [9.17, 15) is 0 Å². The number of hydrogen-bond donors (Lipinski definition) is 1. The van der Waals surface area contributed by atoms with Crippen molar-refractivity contribution in [3.05, 3.63) is 58.2 Å². The summed E-state index contributed by atoms with van der Waals surface area (Å²) in [4.78, 5) is 4.22. The lowest BCUT2D eigenvalue weighted by atomic mass is 10.0. The minimum atomic E-state index is 0.352. The van der Waals surface area contributed by atoms with Crippen molar-refractivity contribution < 1.29 is 4.74 Å². The molecular weight excluding hydrogens is 316 g/mol. The SMILES string of the molecule is CCC(NCc1ccc(OC)nc1)c1ccc(Br)cc1. The van der Waals surface area contributed by atoms with Crippen LogP contribution in [0.5, 0.6) is 5.88 Å². The minimum absolute atomic E-state index is 0.352. The van der Waals surface area contributed by atoms with Crippen LogP contribution < -0.4 is 10.1 Å². The predicted molar refractivity (Wildman–Crippen MR) is 84.8 cm³/mol. The molecule has 3 nitrogen and oxygen atoms in total. The topological polar surface area (TPSA) is 34.1 Å². The molecule has 1 atom stereocenters. The zero-order valence-electron chi connectivity index (χ0n) is 11.8. The van der Waals surface area contributed by atoms with Gasteiger partial charge in [0, 0.05) is 29.3 Å². The van der Waals surface area contributed by atoms with Gasteiger partial charge in [-0.05, 0) is 29.7 Å². The normalized spacial score (nSPS) is 12.2. The van der Waals surface area contributed by atoms with Crippen LogP contribution in [0.25, 0.3) is 0 Å².